The SMILES string of the molecule is Cc1cc(NC(=O)C2CCN(S(=O)(=O)c3ccc(Br)s3)CC2)n(C(C)(C)C)n1. The first-order valence-corrected chi connectivity index (χ1v) is 12.2. The molecule has 2 aromatic heterocycles. The summed E-state index contributed by atoms with van der Waals surface area (Å²) in [6, 6.07) is 5.20. The summed E-state index contributed by atoms with van der Waals surface area (Å²) in [5.74, 6) is 0.375. The zero-order valence-corrected chi connectivity index (χ0v) is 19.6. The average Bonchev–Trinajstić information content (AvgIpc) is 3.21. The topological polar surface area (TPSA) is 84.3 Å². The molecule has 2 aromatic rings. The molecule has 0 bridgehead atoms. The molecular weight excluding hydrogens is 464 g/mol. The number of rotatable bonds is 4. The number of thiophene rings is 1. The number of aryl methyl sites for hydroxylation is 1. The largest absolute Gasteiger partial charge is 0.311 e. The van der Waals surface area contributed by atoms with Crippen LogP contribution in [-0.4, -0.2) is 41.5 Å². The van der Waals surface area contributed by atoms with Crippen molar-refractivity contribution in [1.29, 1.82) is 0 Å². The maximum Gasteiger partial charge on any atom is 0.252 e. The minimum absolute atomic E-state index is 0.0821. The van der Waals surface area contributed by atoms with Gasteiger partial charge in [0.15, 0.2) is 0 Å². The van der Waals surface area contributed by atoms with E-state index in [2.05, 4.69) is 26.3 Å². The second-order valence-electron chi connectivity index (χ2n) is 7.98. The fourth-order valence-electron chi connectivity index (χ4n) is 3.25. The van der Waals surface area contributed by atoms with Crippen molar-refractivity contribution >= 4 is 49.0 Å². The number of amides is 1. The minimum Gasteiger partial charge on any atom is -0.311 e. The van der Waals surface area contributed by atoms with Gasteiger partial charge >= 0.3 is 0 Å². The lowest BCUT2D eigenvalue weighted by Crippen LogP contribution is -2.41. The molecule has 1 aliphatic heterocycles. The summed E-state index contributed by atoms with van der Waals surface area (Å²) in [6.45, 7) is 8.66. The molecule has 7 nitrogen and oxygen atoms in total. The van der Waals surface area contributed by atoms with E-state index < -0.39 is 10.0 Å². The number of nitrogens with zero attached hydrogens (tertiary/aromatic N) is 3. The van der Waals surface area contributed by atoms with Gasteiger partial charge in [0, 0.05) is 25.1 Å². The number of aromatic nitrogens is 2. The summed E-state index contributed by atoms with van der Waals surface area (Å²) in [6.07, 6.45) is 1.00. The van der Waals surface area contributed by atoms with Crippen LogP contribution < -0.4 is 5.32 Å². The molecule has 0 unspecified atom stereocenters. The zero-order chi connectivity index (χ0) is 20.7. The lowest BCUT2D eigenvalue weighted by atomic mass is 9.97. The monoisotopic (exact) mass is 488 g/mol. The quantitative estimate of drug-likeness (QED) is 0.708. The second kappa shape index (κ2) is 7.89. The first-order chi connectivity index (χ1) is 13.0. The number of hydrogen-bond acceptors (Lipinski definition) is 5. The Bertz CT molecular complexity index is 967. The van der Waals surface area contributed by atoms with Gasteiger partial charge in [-0.1, -0.05) is 0 Å². The molecule has 28 heavy (non-hydrogen) atoms. The standard InChI is InChI=1S/C18H25BrN4O3S2/c1-12-11-15(23(21-12)18(2,3)4)20-17(24)13-7-9-22(10-8-13)28(25,26)16-6-5-14(19)27-16/h5-6,11,13H,7-10H2,1-4H3,(H,20,24). The molecule has 10 heteroatoms. The van der Waals surface area contributed by atoms with Crippen molar-refractivity contribution in [2.75, 3.05) is 18.4 Å². The van der Waals surface area contributed by atoms with Gasteiger partial charge in [-0.3, -0.25) is 4.79 Å². The molecule has 1 amide bonds. The number of anilines is 1. The van der Waals surface area contributed by atoms with Crippen molar-refractivity contribution in [2.45, 2.75) is 50.3 Å². The van der Waals surface area contributed by atoms with Crippen LogP contribution in [0, 0.1) is 12.8 Å². The Labute approximate surface area is 178 Å². The Morgan fingerprint density at radius 3 is 2.46 bits per heavy atom. The Hall–Kier alpha value is -1.23. The van der Waals surface area contributed by atoms with E-state index in [0.717, 1.165) is 9.48 Å². The number of hydrogen-bond donors (Lipinski definition) is 1. The lowest BCUT2D eigenvalue weighted by molar-refractivity contribution is -0.121. The summed E-state index contributed by atoms with van der Waals surface area (Å²) >= 11 is 4.51. The van der Waals surface area contributed by atoms with Crippen molar-refractivity contribution in [1.82, 2.24) is 14.1 Å². The molecular formula is C18H25BrN4O3S2. The van der Waals surface area contributed by atoms with E-state index in [-0.39, 0.29) is 17.4 Å². The molecule has 0 radical (unpaired) electrons. The van der Waals surface area contributed by atoms with Gasteiger partial charge < -0.3 is 5.32 Å². The highest BCUT2D eigenvalue weighted by Crippen LogP contribution is 2.31. The van der Waals surface area contributed by atoms with E-state index in [9.17, 15) is 13.2 Å². The number of halogens is 1. The smallest absolute Gasteiger partial charge is 0.252 e. The van der Waals surface area contributed by atoms with E-state index >= 15 is 0 Å². The molecule has 0 aliphatic carbocycles. The molecule has 154 valence electrons. The van der Waals surface area contributed by atoms with E-state index in [1.54, 1.807) is 12.1 Å². The molecule has 0 atom stereocenters. The van der Waals surface area contributed by atoms with Crippen molar-refractivity contribution in [2.24, 2.45) is 5.92 Å². The Kier molecular flexibility index (Phi) is 6.05. The number of sulfonamides is 1. The molecule has 1 N–H and O–H groups in total. The van der Waals surface area contributed by atoms with Crippen LogP contribution in [0.3, 0.4) is 0 Å². The number of carbonyl (C=O) groups excluding carboxylic acids is 1. The highest BCUT2D eigenvalue weighted by atomic mass is 79.9. The van der Waals surface area contributed by atoms with Gasteiger partial charge in [-0.2, -0.15) is 9.40 Å². The molecule has 1 aliphatic rings. The van der Waals surface area contributed by atoms with Gasteiger partial charge in [0.05, 0.1) is 15.0 Å². The van der Waals surface area contributed by atoms with E-state index in [4.69, 9.17) is 0 Å². The lowest BCUT2D eigenvalue weighted by Gasteiger charge is -2.30. The Morgan fingerprint density at radius 2 is 1.93 bits per heavy atom. The first-order valence-electron chi connectivity index (χ1n) is 9.12. The van der Waals surface area contributed by atoms with Crippen molar-refractivity contribution < 1.29 is 13.2 Å². The van der Waals surface area contributed by atoms with Crippen LogP contribution in [0.25, 0.3) is 0 Å². The van der Waals surface area contributed by atoms with Crippen LogP contribution in [0.1, 0.15) is 39.3 Å². The van der Waals surface area contributed by atoms with Crippen LogP contribution in [0.4, 0.5) is 5.82 Å². The van der Waals surface area contributed by atoms with Gasteiger partial charge in [-0.05, 0) is 68.6 Å². The highest BCUT2D eigenvalue weighted by Gasteiger charge is 2.33. The Morgan fingerprint density at radius 1 is 1.29 bits per heavy atom. The van der Waals surface area contributed by atoms with Crippen LogP contribution in [0.5, 0.6) is 0 Å². The van der Waals surface area contributed by atoms with Gasteiger partial charge in [0.1, 0.15) is 10.0 Å². The van der Waals surface area contributed by atoms with Gasteiger partial charge in [-0.15, -0.1) is 11.3 Å². The highest BCUT2D eigenvalue weighted by molar-refractivity contribution is 9.11. The maximum absolute atomic E-state index is 12.8. The zero-order valence-electron chi connectivity index (χ0n) is 16.4. The van der Waals surface area contributed by atoms with Crippen LogP contribution in [0.2, 0.25) is 0 Å². The second-order valence-corrected chi connectivity index (χ2v) is 12.6. The average molecular weight is 489 g/mol. The van der Waals surface area contributed by atoms with Gasteiger partial charge in [-0.25, -0.2) is 13.1 Å². The van der Waals surface area contributed by atoms with Gasteiger partial charge in [0.25, 0.3) is 10.0 Å². The summed E-state index contributed by atoms with van der Waals surface area (Å²) < 4.78 is 29.9. The van der Waals surface area contributed by atoms with Crippen LogP contribution in [-0.2, 0) is 20.4 Å². The number of piperidine rings is 1. The Balaban J connectivity index is 1.65. The maximum atomic E-state index is 12.8. The number of nitrogens with one attached hydrogen (secondary N) is 1. The third-order valence-electron chi connectivity index (χ3n) is 4.69. The fourth-order valence-corrected chi connectivity index (χ4v) is 6.88. The summed E-state index contributed by atoms with van der Waals surface area (Å²) in [5.41, 5.74) is 0.594. The molecule has 0 aromatic carbocycles. The molecule has 3 rings (SSSR count). The van der Waals surface area contributed by atoms with Crippen molar-refractivity contribution in [3.63, 3.8) is 0 Å². The molecule has 3 heterocycles. The third kappa shape index (κ3) is 4.50. The summed E-state index contributed by atoms with van der Waals surface area (Å²) in [4.78, 5) is 12.8. The summed E-state index contributed by atoms with van der Waals surface area (Å²) in [7, 11) is -3.50. The van der Waals surface area contributed by atoms with E-state index in [1.165, 1.54) is 15.6 Å². The summed E-state index contributed by atoms with van der Waals surface area (Å²) in [5, 5.41) is 7.46. The van der Waals surface area contributed by atoms with E-state index in [1.807, 2.05) is 38.4 Å². The number of carbonyl (C=O) groups is 1. The van der Waals surface area contributed by atoms with Crippen molar-refractivity contribution in [3.05, 3.63) is 27.7 Å². The normalized spacial score (nSPS) is 17.0. The molecule has 1 saturated heterocycles. The molecule has 1 fully saturated rings. The van der Waals surface area contributed by atoms with Crippen molar-refractivity contribution in [3.8, 4) is 0 Å². The van der Waals surface area contributed by atoms with Gasteiger partial charge in [0.2, 0.25) is 5.91 Å². The third-order valence-corrected chi connectivity index (χ3v) is 8.68. The first kappa shape index (κ1) is 21.5. The van der Waals surface area contributed by atoms with Crippen LogP contribution in [0.15, 0.2) is 26.2 Å². The van der Waals surface area contributed by atoms with E-state index in [0.29, 0.717) is 36.0 Å². The van der Waals surface area contributed by atoms with Crippen LogP contribution >= 0.6 is 27.3 Å². The molecule has 0 spiro atoms. The molecule has 0 saturated carbocycles. The predicted octanol–water partition coefficient (Wildman–Crippen LogP) is 3.81. The predicted molar refractivity (Wildman–Crippen MR) is 114 cm³/mol. The fraction of sp³-hybridized carbons (Fsp3) is 0.556. The minimum atomic E-state index is -3.50.